The highest BCUT2D eigenvalue weighted by atomic mass is 79.9. The average Bonchev–Trinajstić information content (AvgIpc) is 2.11. The third-order valence-corrected chi connectivity index (χ3v) is 2.74. The first-order chi connectivity index (χ1) is 6.13. The van der Waals surface area contributed by atoms with Crippen LogP contribution >= 0.6 is 39.7 Å². The maximum atomic E-state index is 5.80. The smallest absolute Gasteiger partial charge is 0.185 e. The van der Waals surface area contributed by atoms with Crippen LogP contribution in [0.15, 0.2) is 22.7 Å². The molecule has 6 heteroatoms. The number of rotatable bonds is 1. The van der Waals surface area contributed by atoms with Crippen LogP contribution < -0.4 is 16.6 Å². The second-order valence-electron chi connectivity index (χ2n) is 2.23. The van der Waals surface area contributed by atoms with Gasteiger partial charge >= 0.3 is 0 Å². The Kier molecular flexibility index (Phi) is 3.92. The Morgan fingerprint density at radius 2 is 2.23 bits per heavy atom. The van der Waals surface area contributed by atoms with E-state index >= 15 is 0 Å². The fraction of sp³-hybridized carbons (Fsp3) is 0. The van der Waals surface area contributed by atoms with Crippen molar-refractivity contribution in [3.63, 3.8) is 0 Å². The SMILES string of the molecule is NNC(=S)Nc1ccc(Cl)c(Br)c1. The molecule has 4 N–H and O–H groups in total. The molecule has 0 atom stereocenters. The van der Waals surface area contributed by atoms with Gasteiger partial charge in [-0.05, 0) is 46.3 Å². The number of nitrogens with two attached hydrogens (primary N) is 1. The number of anilines is 1. The zero-order valence-corrected chi connectivity index (χ0v) is 9.63. The Morgan fingerprint density at radius 1 is 1.54 bits per heavy atom. The molecule has 13 heavy (non-hydrogen) atoms. The second kappa shape index (κ2) is 4.76. The topological polar surface area (TPSA) is 50.1 Å². The average molecular weight is 281 g/mol. The largest absolute Gasteiger partial charge is 0.332 e. The summed E-state index contributed by atoms with van der Waals surface area (Å²) in [6.07, 6.45) is 0. The Morgan fingerprint density at radius 3 is 2.77 bits per heavy atom. The predicted molar refractivity (Wildman–Crippen MR) is 62.7 cm³/mol. The number of hydrogen-bond acceptors (Lipinski definition) is 2. The van der Waals surface area contributed by atoms with Crippen LogP contribution in [0.2, 0.25) is 5.02 Å². The second-order valence-corrected chi connectivity index (χ2v) is 3.90. The van der Waals surface area contributed by atoms with Crippen LogP contribution in [0.4, 0.5) is 5.69 Å². The van der Waals surface area contributed by atoms with E-state index in [1.54, 1.807) is 12.1 Å². The van der Waals surface area contributed by atoms with Crippen molar-refractivity contribution in [2.24, 2.45) is 5.84 Å². The summed E-state index contributed by atoms with van der Waals surface area (Å²) in [5, 5.41) is 3.87. The molecule has 1 rings (SSSR count). The van der Waals surface area contributed by atoms with E-state index in [9.17, 15) is 0 Å². The minimum Gasteiger partial charge on any atom is -0.332 e. The Labute approximate surface area is 94.7 Å². The maximum absolute atomic E-state index is 5.80. The van der Waals surface area contributed by atoms with Gasteiger partial charge in [-0.2, -0.15) is 0 Å². The normalized spacial score (nSPS) is 9.46. The minimum absolute atomic E-state index is 0.356. The van der Waals surface area contributed by atoms with Crippen LogP contribution in [-0.2, 0) is 0 Å². The molecule has 0 aromatic heterocycles. The van der Waals surface area contributed by atoms with E-state index in [-0.39, 0.29) is 0 Å². The van der Waals surface area contributed by atoms with Gasteiger partial charge in [0.25, 0.3) is 0 Å². The summed E-state index contributed by atoms with van der Waals surface area (Å²) >= 11 is 13.9. The third-order valence-electron chi connectivity index (χ3n) is 1.31. The van der Waals surface area contributed by atoms with Crippen LogP contribution in [0.1, 0.15) is 0 Å². The molecule has 0 radical (unpaired) electrons. The number of nitrogens with one attached hydrogen (secondary N) is 2. The maximum Gasteiger partial charge on any atom is 0.185 e. The molecule has 0 aliphatic rings. The van der Waals surface area contributed by atoms with Gasteiger partial charge in [-0.15, -0.1) is 0 Å². The first-order valence-corrected chi connectivity index (χ1v) is 4.94. The fourth-order valence-electron chi connectivity index (χ4n) is 0.741. The van der Waals surface area contributed by atoms with Crippen LogP contribution in [0.25, 0.3) is 0 Å². The van der Waals surface area contributed by atoms with E-state index in [0.717, 1.165) is 10.2 Å². The van der Waals surface area contributed by atoms with Crippen molar-refractivity contribution < 1.29 is 0 Å². The summed E-state index contributed by atoms with van der Waals surface area (Å²) < 4.78 is 0.805. The van der Waals surface area contributed by atoms with Gasteiger partial charge in [0.15, 0.2) is 5.11 Å². The van der Waals surface area contributed by atoms with E-state index in [2.05, 4.69) is 26.7 Å². The number of halogens is 2. The van der Waals surface area contributed by atoms with Crippen molar-refractivity contribution in [3.8, 4) is 0 Å². The lowest BCUT2D eigenvalue weighted by Gasteiger charge is -2.07. The van der Waals surface area contributed by atoms with E-state index in [0.29, 0.717) is 10.1 Å². The van der Waals surface area contributed by atoms with Gasteiger partial charge < -0.3 is 10.7 Å². The molecular weight excluding hydrogens is 274 g/mol. The van der Waals surface area contributed by atoms with E-state index in [1.807, 2.05) is 6.07 Å². The monoisotopic (exact) mass is 279 g/mol. The van der Waals surface area contributed by atoms with Gasteiger partial charge in [0.2, 0.25) is 0 Å². The zero-order valence-electron chi connectivity index (χ0n) is 6.47. The van der Waals surface area contributed by atoms with Gasteiger partial charge in [0, 0.05) is 10.2 Å². The molecule has 0 fully saturated rings. The summed E-state index contributed by atoms with van der Waals surface area (Å²) in [5.74, 6) is 5.10. The molecule has 0 unspecified atom stereocenters. The lowest BCUT2D eigenvalue weighted by molar-refractivity contribution is 1.04. The van der Waals surface area contributed by atoms with E-state index in [4.69, 9.17) is 29.7 Å². The summed E-state index contributed by atoms with van der Waals surface area (Å²) in [5.41, 5.74) is 3.14. The highest BCUT2D eigenvalue weighted by Gasteiger charge is 1.99. The van der Waals surface area contributed by atoms with Crippen molar-refractivity contribution >= 4 is 50.5 Å². The van der Waals surface area contributed by atoms with Crippen LogP contribution in [0.3, 0.4) is 0 Å². The molecule has 3 nitrogen and oxygen atoms in total. The zero-order chi connectivity index (χ0) is 9.84. The summed E-state index contributed by atoms with van der Waals surface area (Å²) in [4.78, 5) is 0. The number of hydrazine groups is 1. The van der Waals surface area contributed by atoms with Gasteiger partial charge in [0.05, 0.1) is 5.02 Å². The van der Waals surface area contributed by atoms with E-state index in [1.165, 1.54) is 0 Å². The molecule has 0 aliphatic heterocycles. The first kappa shape index (κ1) is 10.7. The number of benzene rings is 1. The third kappa shape index (κ3) is 3.11. The van der Waals surface area contributed by atoms with Crippen molar-refractivity contribution in [2.75, 3.05) is 5.32 Å². The predicted octanol–water partition coefficient (Wildman–Crippen LogP) is 2.26. The highest BCUT2D eigenvalue weighted by Crippen LogP contribution is 2.25. The van der Waals surface area contributed by atoms with Gasteiger partial charge in [0.1, 0.15) is 0 Å². The van der Waals surface area contributed by atoms with Gasteiger partial charge in [-0.3, -0.25) is 0 Å². The molecule has 1 aromatic carbocycles. The molecule has 0 amide bonds. The lowest BCUT2D eigenvalue weighted by atomic mass is 10.3. The van der Waals surface area contributed by atoms with Crippen molar-refractivity contribution in [1.82, 2.24) is 5.43 Å². The van der Waals surface area contributed by atoms with Crippen LogP contribution in [0, 0.1) is 0 Å². The molecule has 70 valence electrons. The molecule has 0 aliphatic carbocycles. The molecule has 0 saturated carbocycles. The number of thiocarbonyl (C=S) groups is 1. The molecule has 0 bridgehead atoms. The van der Waals surface area contributed by atoms with Crippen molar-refractivity contribution in [3.05, 3.63) is 27.7 Å². The molecule has 1 aromatic rings. The Hall–Kier alpha value is -0.360. The number of hydrogen-bond donors (Lipinski definition) is 3. The van der Waals surface area contributed by atoms with Crippen molar-refractivity contribution in [2.45, 2.75) is 0 Å². The Bertz CT molecular complexity index is 332. The summed E-state index contributed by atoms with van der Waals surface area (Å²) in [6, 6.07) is 5.37. The molecular formula is C7H7BrClN3S. The van der Waals surface area contributed by atoms with Gasteiger partial charge in [-0.1, -0.05) is 11.6 Å². The van der Waals surface area contributed by atoms with Gasteiger partial charge in [-0.25, -0.2) is 5.84 Å². The first-order valence-electron chi connectivity index (χ1n) is 3.36. The Balaban J connectivity index is 2.79. The summed E-state index contributed by atoms with van der Waals surface area (Å²) in [6.45, 7) is 0. The standard InChI is InChI=1S/C7H7BrClN3S/c8-5-3-4(1-2-6(5)9)11-7(13)12-10/h1-3H,10H2,(H2,11,12,13). The lowest BCUT2D eigenvalue weighted by Crippen LogP contribution is -2.34. The molecule has 0 spiro atoms. The highest BCUT2D eigenvalue weighted by molar-refractivity contribution is 9.10. The molecule has 0 heterocycles. The van der Waals surface area contributed by atoms with Crippen molar-refractivity contribution in [1.29, 1.82) is 0 Å². The summed E-state index contributed by atoms with van der Waals surface area (Å²) in [7, 11) is 0. The quantitative estimate of drug-likeness (QED) is 0.420. The van der Waals surface area contributed by atoms with Crippen LogP contribution in [0.5, 0.6) is 0 Å². The molecule has 0 saturated heterocycles. The van der Waals surface area contributed by atoms with E-state index < -0.39 is 0 Å². The fourth-order valence-corrected chi connectivity index (χ4v) is 1.36. The van der Waals surface area contributed by atoms with Crippen LogP contribution in [-0.4, -0.2) is 5.11 Å². The minimum atomic E-state index is 0.356.